The summed E-state index contributed by atoms with van der Waals surface area (Å²) in [5.41, 5.74) is 0.569. The third kappa shape index (κ3) is 2.05. The van der Waals surface area contributed by atoms with Crippen LogP contribution in [0, 0.1) is 0 Å². The van der Waals surface area contributed by atoms with Crippen molar-refractivity contribution in [3.8, 4) is 0 Å². The number of rotatable bonds is 2. The van der Waals surface area contributed by atoms with Crippen molar-refractivity contribution in [2.24, 2.45) is 0 Å². The van der Waals surface area contributed by atoms with E-state index in [0.717, 1.165) is 0 Å². The van der Waals surface area contributed by atoms with Crippen LogP contribution in [0.2, 0.25) is 10.0 Å². The van der Waals surface area contributed by atoms with E-state index in [9.17, 15) is 5.11 Å². The molecule has 0 spiro atoms. The fourth-order valence-electron chi connectivity index (χ4n) is 0.861. The first-order valence-corrected chi connectivity index (χ1v) is 4.63. The highest BCUT2D eigenvalue weighted by atomic mass is 35.5. The summed E-state index contributed by atoms with van der Waals surface area (Å²) in [5.74, 6) is 0.111. The standard InChI is InChI=1S/C8H7Cl3O/c9-4-7(12)5-2-1-3-6(10)8(5)11/h1-3,7,12H,4H2/t7-/m1/s1. The molecule has 1 nitrogen and oxygen atoms in total. The minimum absolute atomic E-state index is 0.111. The monoisotopic (exact) mass is 224 g/mol. The Morgan fingerprint density at radius 2 is 2.00 bits per heavy atom. The van der Waals surface area contributed by atoms with Crippen molar-refractivity contribution in [1.29, 1.82) is 0 Å². The molecular weight excluding hydrogens is 218 g/mol. The highest BCUT2D eigenvalue weighted by Crippen LogP contribution is 2.30. The van der Waals surface area contributed by atoms with E-state index in [2.05, 4.69) is 0 Å². The summed E-state index contributed by atoms with van der Waals surface area (Å²) in [4.78, 5) is 0. The van der Waals surface area contributed by atoms with Crippen LogP contribution in [0.25, 0.3) is 0 Å². The Kier molecular flexibility index (Phi) is 3.66. The number of benzene rings is 1. The largest absolute Gasteiger partial charge is 0.387 e. The zero-order chi connectivity index (χ0) is 9.14. The minimum Gasteiger partial charge on any atom is -0.387 e. The maximum absolute atomic E-state index is 9.36. The fourth-order valence-corrected chi connectivity index (χ4v) is 1.46. The summed E-state index contributed by atoms with van der Waals surface area (Å²) < 4.78 is 0. The van der Waals surface area contributed by atoms with Crippen LogP contribution in [0.4, 0.5) is 0 Å². The molecule has 0 saturated heterocycles. The summed E-state index contributed by atoms with van der Waals surface area (Å²) in [6.07, 6.45) is -0.752. The van der Waals surface area contributed by atoms with E-state index >= 15 is 0 Å². The second-order valence-corrected chi connectivity index (χ2v) is 3.41. The lowest BCUT2D eigenvalue weighted by Gasteiger charge is -2.09. The molecule has 1 aromatic rings. The molecule has 1 atom stereocenters. The molecule has 0 amide bonds. The van der Waals surface area contributed by atoms with Gasteiger partial charge < -0.3 is 5.11 Å². The number of aliphatic hydroxyl groups excluding tert-OH is 1. The van der Waals surface area contributed by atoms with Crippen molar-refractivity contribution in [2.45, 2.75) is 6.10 Å². The van der Waals surface area contributed by atoms with Crippen molar-refractivity contribution in [2.75, 3.05) is 5.88 Å². The predicted molar refractivity (Wildman–Crippen MR) is 52.1 cm³/mol. The van der Waals surface area contributed by atoms with Gasteiger partial charge in [0.2, 0.25) is 0 Å². The number of aliphatic hydroxyl groups is 1. The van der Waals surface area contributed by atoms with Crippen molar-refractivity contribution < 1.29 is 5.11 Å². The molecule has 0 radical (unpaired) electrons. The molecule has 0 aliphatic carbocycles. The van der Waals surface area contributed by atoms with E-state index in [1.54, 1.807) is 18.2 Å². The maximum atomic E-state index is 9.36. The molecule has 0 bridgehead atoms. The van der Waals surface area contributed by atoms with E-state index in [0.29, 0.717) is 15.6 Å². The molecule has 66 valence electrons. The maximum Gasteiger partial charge on any atom is 0.0940 e. The highest BCUT2D eigenvalue weighted by Gasteiger charge is 2.11. The van der Waals surface area contributed by atoms with Crippen LogP contribution in [0.5, 0.6) is 0 Å². The number of halogens is 3. The second kappa shape index (κ2) is 4.33. The molecule has 0 unspecified atom stereocenters. The van der Waals surface area contributed by atoms with E-state index in [-0.39, 0.29) is 5.88 Å². The first-order valence-electron chi connectivity index (χ1n) is 3.34. The molecule has 4 heteroatoms. The Labute approximate surface area is 85.9 Å². The summed E-state index contributed by atoms with van der Waals surface area (Å²) in [7, 11) is 0. The SMILES string of the molecule is O[C@H](CCl)c1cccc(Cl)c1Cl. The molecule has 0 aliphatic rings. The Balaban J connectivity index is 3.07. The molecule has 0 saturated carbocycles. The number of hydrogen-bond acceptors (Lipinski definition) is 1. The highest BCUT2D eigenvalue weighted by molar-refractivity contribution is 6.42. The zero-order valence-electron chi connectivity index (χ0n) is 6.10. The van der Waals surface area contributed by atoms with Gasteiger partial charge in [-0.3, -0.25) is 0 Å². The van der Waals surface area contributed by atoms with Gasteiger partial charge in [-0.05, 0) is 6.07 Å². The fraction of sp³-hybridized carbons (Fsp3) is 0.250. The van der Waals surface area contributed by atoms with Crippen LogP contribution in [0.1, 0.15) is 11.7 Å². The molecule has 1 aromatic carbocycles. The van der Waals surface area contributed by atoms with E-state index < -0.39 is 6.10 Å². The first-order chi connectivity index (χ1) is 5.66. The van der Waals surface area contributed by atoms with Gasteiger partial charge >= 0.3 is 0 Å². The zero-order valence-corrected chi connectivity index (χ0v) is 8.37. The third-order valence-electron chi connectivity index (χ3n) is 1.49. The van der Waals surface area contributed by atoms with E-state index in [1.165, 1.54) is 0 Å². The van der Waals surface area contributed by atoms with Crippen molar-refractivity contribution >= 4 is 34.8 Å². The van der Waals surface area contributed by atoms with Crippen LogP contribution < -0.4 is 0 Å². The van der Waals surface area contributed by atoms with Crippen molar-refractivity contribution in [3.05, 3.63) is 33.8 Å². The summed E-state index contributed by atoms with van der Waals surface area (Å²) in [5, 5.41) is 10.2. The van der Waals surface area contributed by atoms with Crippen LogP contribution in [-0.4, -0.2) is 11.0 Å². The molecule has 0 aliphatic heterocycles. The lowest BCUT2D eigenvalue weighted by Crippen LogP contribution is -1.99. The molecule has 12 heavy (non-hydrogen) atoms. The number of hydrogen-bond donors (Lipinski definition) is 1. The minimum atomic E-state index is -0.752. The van der Waals surface area contributed by atoms with Gasteiger partial charge in [0.1, 0.15) is 0 Å². The van der Waals surface area contributed by atoms with Gasteiger partial charge in [0.05, 0.1) is 22.0 Å². The smallest absolute Gasteiger partial charge is 0.0940 e. The Hall–Kier alpha value is 0.0500. The lowest BCUT2D eigenvalue weighted by atomic mass is 10.1. The van der Waals surface area contributed by atoms with Gasteiger partial charge in [-0.1, -0.05) is 35.3 Å². The van der Waals surface area contributed by atoms with Gasteiger partial charge in [0, 0.05) is 5.56 Å². The first kappa shape index (κ1) is 10.1. The van der Waals surface area contributed by atoms with Crippen molar-refractivity contribution in [1.82, 2.24) is 0 Å². The normalized spacial score (nSPS) is 13.0. The van der Waals surface area contributed by atoms with E-state index in [4.69, 9.17) is 34.8 Å². The molecular formula is C8H7Cl3O. The predicted octanol–water partition coefficient (Wildman–Crippen LogP) is 3.27. The third-order valence-corrected chi connectivity index (χ3v) is 2.61. The second-order valence-electron chi connectivity index (χ2n) is 2.31. The summed E-state index contributed by atoms with van der Waals surface area (Å²) in [6, 6.07) is 5.08. The molecule has 1 rings (SSSR count). The number of alkyl halides is 1. The Morgan fingerprint density at radius 1 is 1.33 bits per heavy atom. The average molecular weight is 226 g/mol. The van der Waals surface area contributed by atoms with Gasteiger partial charge in [-0.25, -0.2) is 0 Å². The van der Waals surface area contributed by atoms with Crippen LogP contribution in [-0.2, 0) is 0 Å². The molecule has 0 aromatic heterocycles. The van der Waals surface area contributed by atoms with Crippen LogP contribution in [0.3, 0.4) is 0 Å². The molecule has 0 heterocycles. The Morgan fingerprint density at radius 3 is 2.58 bits per heavy atom. The topological polar surface area (TPSA) is 20.2 Å². The lowest BCUT2D eigenvalue weighted by molar-refractivity contribution is 0.203. The average Bonchev–Trinajstić information content (AvgIpc) is 2.08. The quantitative estimate of drug-likeness (QED) is 0.766. The van der Waals surface area contributed by atoms with Gasteiger partial charge in [0.25, 0.3) is 0 Å². The van der Waals surface area contributed by atoms with Gasteiger partial charge in [-0.15, -0.1) is 11.6 Å². The summed E-state index contributed by atoms with van der Waals surface area (Å²) in [6.45, 7) is 0. The molecule has 1 N–H and O–H groups in total. The summed E-state index contributed by atoms with van der Waals surface area (Å²) >= 11 is 17.0. The van der Waals surface area contributed by atoms with Crippen LogP contribution >= 0.6 is 34.8 Å². The van der Waals surface area contributed by atoms with Crippen molar-refractivity contribution in [3.63, 3.8) is 0 Å². The van der Waals surface area contributed by atoms with Gasteiger partial charge in [-0.2, -0.15) is 0 Å². The van der Waals surface area contributed by atoms with Gasteiger partial charge in [0.15, 0.2) is 0 Å². The van der Waals surface area contributed by atoms with E-state index in [1.807, 2.05) is 0 Å². The van der Waals surface area contributed by atoms with Crippen LogP contribution in [0.15, 0.2) is 18.2 Å². The molecule has 0 fully saturated rings. The Bertz CT molecular complexity index is 275.